The number of amides is 3. The number of hydrogen-bond acceptors (Lipinski definition) is 2. The van der Waals surface area contributed by atoms with Crippen LogP contribution in [0.5, 0.6) is 0 Å². The zero-order valence-corrected chi connectivity index (χ0v) is 15.2. The minimum atomic E-state index is -0.392. The van der Waals surface area contributed by atoms with E-state index in [2.05, 4.69) is 16.0 Å². The molecule has 2 aromatic rings. The Bertz CT molecular complexity index is 788. The van der Waals surface area contributed by atoms with Crippen LogP contribution in [0.4, 0.5) is 16.2 Å². The van der Waals surface area contributed by atoms with Crippen molar-refractivity contribution in [2.45, 2.75) is 38.1 Å². The highest BCUT2D eigenvalue weighted by Gasteiger charge is 2.17. The van der Waals surface area contributed by atoms with E-state index in [4.69, 9.17) is 11.6 Å². The molecule has 1 aliphatic carbocycles. The van der Waals surface area contributed by atoms with Crippen molar-refractivity contribution in [3.05, 3.63) is 59.1 Å². The number of carbonyl (C=O) groups is 2. The Morgan fingerprint density at radius 1 is 0.885 bits per heavy atom. The standard InChI is InChI=1S/C20H22ClN3O2/c21-15-7-5-11-18(13-15)24-20(26)23-17-10-4-6-14(12-17)19(25)22-16-8-2-1-3-9-16/h4-7,10-13,16H,1-3,8-9H2,(H,22,25)(H2,23,24,26). The van der Waals surface area contributed by atoms with Gasteiger partial charge < -0.3 is 16.0 Å². The predicted molar refractivity (Wildman–Crippen MR) is 105 cm³/mol. The van der Waals surface area contributed by atoms with Crippen molar-refractivity contribution >= 4 is 34.9 Å². The molecule has 0 aliphatic heterocycles. The molecule has 0 unspecified atom stereocenters. The summed E-state index contributed by atoms with van der Waals surface area (Å²) in [6.45, 7) is 0. The largest absolute Gasteiger partial charge is 0.349 e. The maximum absolute atomic E-state index is 12.4. The number of nitrogens with one attached hydrogen (secondary N) is 3. The second-order valence-corrected chi connectivity index (χ2v) is 6.92. The van der Waals surface area contributed by atoms with Crippen molar-refractivity contribution in [3.8, 4) is 0 Å². The molecule has 5 nitrogen and oxygen atoms in total. The van der Waals surface area contributed by atoms with Gasteiger partial charge in [0.25, 0.3) is 5.91 Å². The summed E-state index contributed by atoms with van der Waals surface area (Å²) < 4.78 is 0. The Morgan fingerprint density at radius 2 is 1.54 bits per heavy atom. The van der Waals surface area contributed by atoms with Crippen LogP contribution >= 0.6 is 11.6 Å². The van der Waals surface area contributed by atoms with E-state index in [9.17, 15) is 9.59 Å². The van der Waals surface area contributed by atoms with Gasteiger partial charge in [-0.3, -0.25) is 4.79 Å². The van der Waals surface area contributed by atoms with Crippen LogP contribution in [0.2, 0.25) is 5.02 Å². The Morgan fingerprint density at radius 3 is 2.23 bits per heavy atom. The van der Waals surface area contributed by atoms with E-state index >= 15 is 0 Å². The van der Waals surface area contributed by atoms with Crippen molar-refractivity contribution in [2.75, 3.05) is 10.6 Å². The first-order valence-electron chi connectivity index (χ1n) is 8.85. The highest BCUT2D eigenvalue weighted by molar-refractivity contribution is 6.30. The Balaban J connectivity index is 1.59. The van der Waals surface area contributed by atoms with Crippen LogP contribution in [0.1, 0.15) is 42.5 Å². The third-order valence-electron chi connectivity index (χ3n) is 4.41. The van der Waals surface area contributed by atoms with Crippen LogP contribution in [0.3, 0.4) is 0 Å². The molecule has 6 heteroatoms. The highest BCUT2D eigenvalue weighted by Crippen LogP contribution is 2.19. The van der Waals surface area contributed by atoms with Gasteiger partial charge in [-0.25, -0.2) is 4.79 Å². The number of benzene rings is 2. The SMILES string of the molecule is O=C(Nc1cccc(Cl)c1)Nc1cccc(C(=O)NC2CCCCC2)c1. The second kappa shape index (κ2) is 8.72. The number of rotatable bonds is 4. The lowest BCUT2D eigenvalue weighted by Crippen LogP contribution is -2.36. The first-order chi connectivity index (χ1) is 12.6. The molecule has 0 radical (unpaired) electrons. The number of hydrogen-bond donors (Lipinski definition) is 3. The molecule has 0 bridgehead atoms. The first kappa shape index (κ1) is 18.3. The molecule has 1 aliphatic rings. The van der Waals surface area contributed by atoms with Gasteiger partial charge in [0.1, 0.15) is 0 Å². The zero-order chi connectivity index (χ0) is 18.4. The third kappa shape index (κ3) is 5.23. The predicted octanol–water partition coefficient (Wildman–Crippen LogP) is 5.05. The van der Waals surface area contributed by atoms with Gasteiger partial charge in [-0.05, 0) is 49.2 Å². The monoisotopic (exact) mass is 371 g/mol. The van der Waals surface area contributed by atoms with Crippen molar-refractivity contribution in [2.24, 2.45) is 0 Å². The van der Waals surface area contributed by atoms with Gasteiger partial charge in [0.05, 0.1) is 0 Å². The summed E-state index contributed by atoms with van der Waals surface area (Å²) in [5, 5.41) is 9.07. The van der Waals surface area contributed by atoms with E-state index in [1.54, 1.807) is 48.5 Å². The van der Waals surface area contributed by atoms with Gasteiger partial charge in [0.2, 0.25) is 0 Å². The Hall–Kier alpha value is -2.53. The molecule has 0 heterocycles. The number of urea groups is 1. The van der Waals surface area contributed by atoms with Gasteiger partial charge in [-0.15, -0.1) is 0 Å². The molecule has 1 fully saturated rings. The first-order valence-corrected chi connectivity index (χ1v) is 9.22. The summed E-state index contributed by atoms with van der Waals surface area (Å²) in [4.78, 5) is 24.6. The molecule has 3 N–H and O–H groups in total. The molecule has 2 aromatic carbocycles. The molecule has 3 rings (SSSR count). The van der Waals surface area contributed by atoms with Gasteiger partial charge in [-0.2, -0.15) is 0 Å². The fraction of sp³-hybridized carbons (Fsp3) is 0.300. The van der Waals surface area contributed by atoms with Crippen molar-refractivity contribution in [1.29, 1.82) is 0 Å². The highest BCUT2D eigenvalue weighted by atomic mass is 35.5. The zero-order valence-electron chi connectivity index (χ0n) is 14.4. The molecular weight excluding hydrogens is 350 g/mol. The van der Waals surface area contributed by atoms with Crippen LogP contribution < -0.4 is 16.0 Å². The lowest BCUT2D eigenvalue weighted by atomic mass is 9.95. The van der Waals surface area contributed by atoms with Crippen LogP contribution in [0.25, 0.3) is 0 Å². The second-order valence-electron chi connectivity index (χ2n) is 6.48. The molecule has 0 saturated heterocycles. The van der Waals surface area contributed by atoms with E-state index < -0.39 is 6.03 Å². The van der Waals surface area contributed by atoms with Gasteiger partial charge >= 0.3 is 6.03 Å². The van der Waals surface area contributed by atoms with E-state index in [0.29, 0.717) is 22.0 Å². The fourth-order valence-corrected chi connectivity index (χ4v) is 3.30. The van der Waals surface area contributed by atoms with Crippen molar-refractivity contribution in [3.63, 3.8) is 0 Å². The number of carbonyl (C=O) groups excluding carboxylic acids is 2. The Kier molecular flexibility index (Phi) is 6.12. The number of anilines is 2. The third-order valence-corrected chi connectivity index (χ3v) is 4.64. The van der Waals surface area contributed by atoms with Crippen LogP contribution in [-0.2, 0) is 0 Å². The van der Waals surface area contributed by atoms with E-state index in [1.807, 2.05) is 0 Å². The van der Waals surface area contributed by atoms with E-state index in [-0.39, 0.29) is 11.9 Å². The van der Waals surface area contributed by atoms with E-state index in [1.165, 1.54) is 6.42 Å². The van der Waals surface area contributed by atoms with Crippen LogP contribution in [0, 0.1) is 0 Å². The molecule has 0 aromatic heterocycles. The topological polar surface area (TPSA) is 70.2 Å². The summed E-state index contributed by atoms with van der Waals surface area (Å²) in [6, 6.07) is 13.7. The molecule has 0 atom stereocenters. The smallest absolute Gasteiger partial charge is 0.323 e. The lowest BCUT2D eigenvalue weighted by molar-refractivity contribution is 0.0927. The maximum atomic E-state index is 12.4. The molecule has 1 saturated carbocycles. The van der Waals surface area contributed by atoms with Gasteiger partial charge in [0.15, 0.2) is 0 Å². The summed E-state index contributed by atoms with van der Waals surface area (Å²) in [5.41, 5.74) is 1.69. The average Bonchev–Trinajstić information content (AvgIpc) is 2.62. The van der Waals surface area contributed by atoms with Crippen molar-refractivity contribution < 1.29 is 9.59 Å². The molecular formula is C20H22ClN3O2. The molecule has 0 spiro atoms. The summed E-state index contributed by atoms with van der Waals surface area (Å²) in [5.74, 6) is -0.101. The van der Waals surface area contributed by atoms with Crippen LogP contribution in [0.15, 0.2) is 48.5 Å². The quantitative estimate of drug-likeness (QED) is 0.704. The van der Waals surface area contributed by atoms with Gasteiger partial charge in [0, 0.05) is 28.0 Å². The maximum Gasteiger partial charge on any atom is 0.323 e. The fourth-order valence-electron chi connectivity index (χ4n) is 3.11. The molecule has 26 heavy (non-hydrogen) atoms. The van der Waals surface area contributed by atoms with E-state index in [0.717, 1.165) is 25.7 Å². The lowest BCUT2D eigenvalue weighted by Gasteiger charge is -2.22. The summed E-state index contributed by atoms with van der Waals surface area (Å²) >= 11 is 5.91. The average molecular weight is 372 g/mol. The Labute approximate surface area is 158 Å². The van der Waals surface area contributed by atoms with Crippen LogP contribution in [-0.4, -0.2) is 18.0 Å². The molecule has 136 valence electrons. The molecule has 3 amide bonds. The van der Waals surface area contributed by atoms with Gasteiger partial charge in [-0.1, -0.05) is 43.0 Å². The summed E-state index contributed by atoms with van der Waals surface area (Å²) in [6.07, 6.45) is 5.64. The minimum Gasteiger partial charge on any atom is -0.349 e. The summed E-state index contributed by atoms with van der Waals surface area (Å²) in [7, 11) is 0. The number of halogens is 1. The van der Waals surface area contributed by atoms with Crippen molar-refractivity contribution in [1.82, 2.24) is 5.32 Å². The minimum absolute atomic E-state index is 0.101. The normalized spacial score (nSPS) is 14.5.